The molecule has 94 valence electrons. The SMILES string of the molecule is Cc1cc(C(=O)N(C)CC(F)F)ccc1NN. The predicted octanol–water partition coefficient (Wildman–Crippen LogP) is 1.62. The average molecular weight is 243 g/mol. The summed E-state index contributed by atoms with van der Waals surface area (Å²) < 4.78 is 24.3. The number of hydrazine groups is 1. The van der Waals surface area contributed by atoms with E-state index in [1.54, 1.807) is 25.1 Å². The zero-order valence-corrected chi connectivity index (χ0v) is 9.71. The van der Waals surface area contributed by atoms with Crippen molar-refractivity contribution in [1.82, 2.24) is 4.90 Å². The Bertz CT molecular complexity index is 410. The van der Waals surface area contributed by atoms with Gasteiger partial charge in [-0.25, -0.2) is 8.78 Å². The van der Waals surface area contributed by atoms with Crippen LogP contribution in [0, 0.1) is 6.92 Å². The van der Waals surface area contributed by atoms with Crippen LogP contribution in [0.5, 0.6) is 0 Å². The molecule has 1 aromatic rings. The molecule has 17 heavy (non-hydrogen) atoms. The quantitative estimate of drug-likeness (QED) is 0.624. The first kappa shape index (κ1) is 13.4. The molecule has 0 aliphatic rings. The van der Waals surface area contributed by atoms with Crippen molar-refractivity contribution in [1.29, 1.82) is 0 Å². The zero-order chi connectivity index (χ0) is 13.0. The summed E-state index contributed by atoms with van der Waals surface area (Å²) in [4.78, 5) is 12.8. The second-order valence-electron chi connectivity index (χ2n) is 3.75. The first-order chi connectivity index (χ1) is 7.95. The van der Waals surface area contributed by atoms with Gasteiger partial charge in [0, 0.05) is 12.6 Å². The van der Waals surface area contributed by atoms with Gasteiger partial charge < -0.3 is 10.3 Å². The molecule has 3 N–H and O–H groups in total. The van der Waals surface area contributed by atoms with Crippen molar-refractivity contribution in [3.8, 4) is 0 Å². The third-order valence-corrected chi connectivity index (χ3v) is 2.39. The molecule has 0 fully saturated rings. The van der Waals surface area contributed by atoms with Gasteiger partial charge in [-0.3, -0.25) is 10.6 Å². The van der Waals surface area contributed by atoms with Gasteiger partial charge >= 0.3 is 0 Å². The minimum Gasteiger partial charge on any atom is -0.336 e. The van der Waals surface area contributed by atoms with Crippen molar-refractivity contribution in [2.75, 3.05) is 19.0 Å². The number of aryl methyl sites for hydroxylation is 1. The van der Waals surface area contributed by atoms with Gasteiger partial charge in [-0.1, -0.05) is 0 Å². The lowest BCUT2D eigenvalue weighted by atomic mass is 10.1. The van der Waals surface area contributed by atoms with E-state index in [2.05, 4.69) is 5.43 Å². The number of carbonyl (C=O) groups is 1. The van der Waals surface area contributed by atoms with Gasteiger partial charge in [-0.05, 0) is 30.7 Å². The highest BCUT2D eigenvalue weighted by Crippen LogP contribution is 2.16. The van der Waals surface area contributed by atoms with E-state index in [9.17, 15) is 13.6 Å². The largest absolute Gasteiger partial charge is 0.336 e. The number of alkyl halides is 2. The van der Waals surface area contributed by atoms with E-state index >= 15 is 0 Å². The lowest BCUT2D eigenvalue weighted by Crippen LogP contribution is -2.31. The maximum absolute atomic E-state index is 12.1. The van der Waals surface area contributed by atoms with Gasteiger partial charge in [0.1, 0.15) is 0 Å². The fourth-order valence-electron chi connectivity index (χ4n) is 1.47. The van der Waals surface area contributed by atoms with E-state index < -0.39 is 18.9 Å². The van der Waals surface area contributed by atoms with Crippen molar-refractivity contribution >= 4 is 11.6 Å². The van der Waals surface area contributed by atoms with Crippen LogP contribution in [0.3, 0.4) is 0 Å². The van der Waals surface area contributed by atoms with Crippen LogP contribution in [0.25, 0.3) is 0 Å². The Balaban J connectivity index is 2.86. The number of benzene rings is 1. The van der Waals surface area contributed by atoms with Crippen molar-refractivity contribution in [2.24, 2.45) is 5.84 Å². The number of carbonyl (C=O) groups excluding carboxylic acids is 1. The summed E-state index contributed by atoms with van der Waals surface area (Å²) in [5.74, 6) is 4.82. The number of rotatable bonds is 4. The molecule has 0 aliphatic heterocycles. The maximum atomic E-state index is 12.1. The predicted molar refractivity (Wildman–Crippen MR) is 62.0 cm³/mol. The molecule has 1 aromatic carbocycles. The smallest absolute Gasteiger partial charge is 0.255 e. The van der Waals surface area contributed by atoms with Crippen molar-refractivity contribution in [3.05, 3.63) is 29.3 Å². The molecule has 4 nitrogen and oxygen atoms in total. The number of nitrogen functional groups attached to an aromatic ring is 1. The summed E-state index contributed by atoms with van der Waals surface area (Å²) in [6.07, 6.45) is -2.53. The third kappa shape index (κ3) is 3.39. The van der Waals surface area contributed by atoms with Crippen molar-refractivity contribution < 1.29 is 13.6 Å². The minimum absolute atomic E-state index is 0.365. The van der Waals surface area contributed by atoms with Crippen LogP contribution in [0.4, 0.5) is 14.5 Å². The Labute approximate surface area is 98.4 Å². The molecular formula is C11H15F2N3O. The van der Waals surface area contributed by atoms with Crippen LogP contribution in [0.15, 0.2) is 18.2 Å². The van der Waals surface area contributed by atoms with Crippen LogP contribution >= 0.6 is 0 Å². The van der Waals surface area contributed by atoms with Crippen molar-refractivity contribution in [2.45, 2.75) is 13.3 Å². The highest BCUT2D eigenvalue weighted by atomic mass is 19.3. The molecule has 0 aliphatic carbocycles. The molecule has 0 spiro atoms. The Morgan fingerprint density at radius 1 is 1.53 bits per heavy atom. The number of nitrogens with one attached hydrogen (secondary N) is 1. The van der Waals surface area contributed by atoms with E-state index in [4.69, 9.17) is 5.84 Å². The zero-order valence-electron chi connectivity index (χ0n) is 9.71. The second kappa shape index (κ2) is 5.58. The molecule has 0 radical (unpaired) electrons. The maximum Gasteiger partial charge on any atom is 0.255 e. The van der Waals surface area contributed by atoms with Crippen LogP contribution in [-0.4, -0.2) is 30.8 Å². The fourth-order valence-corrected chi connectivity index (χ4v) is 1.47. The topological polar surface area (TPSA) is 58.4 Å². The molecule has 0 heterocycles. The molecule has 0 atom stereocenters. The first-order valence-corrected chi connectivity index (χ1v) is 5.06. The van der Waals surface area contributed by atoms with Gasteiger partial charge in [-0.15, -0.1) is 0 Å². The monoisotopic (exact) mass is 243 g/mol. The van der Waals surface area contributed by atoms with Crippen LogP contribution in [0.1, 0.15) is 15.9 Å². The average Bonchev–Trinajstić information content (AvgIpc) is 2.27. The Morgan fingerprint density at radius 2 is 2.18 bits per heavy atom. The molecule has 0 bridgehead atoms. The third-order valence-electron chi connectivity index (χ3n) is 2.39. The molecular weight excluding hydrogens is 228 g/mol. The van der Waals surface area contributed by atoms with E-state index in [0.29, 0.717) is 11.3 Å². The van der Waals surface area contributed by atoms with Gasteiger partial charge in [0.05, 0.1) is 12.2 Å². The highest BCUT2D eigenvalue weighted by molar-refractivity contribution is 5.94. The van der Waals surface area contributed by atoms with Gasteiger partial charge in [-0.2, -0.15) is 0 Å². The molecule has 6 heteroatoms. The lowest BCUT2D eigenvalue weighted by Gasteiger charge is -2.17. The van der Waals surface area contributed by atoms with E-state index in [0.717, 1.165) is 10.5 Å². The molecule has 0 aromatic heterocycles. The lowest BCUT2D eigenvalue weighted by molar-refractivity contribution is 0.0620. The number of halogens is 2. The molecule has 1 amide bonds. The van der Waals surface area contributed by atoms with Gasteiger partial charge in [0.15, 0.2) is 0 Å². The van der Waals surface area contributed by atoms with E-state index in [-0.39, 0.29) is 0 Å². The van der Waals surface area contributed by atoms with Gasteiger partial charge in [0.2, 0.25) is 0 Å². The van der Waals surface area contributed by atoms with Gasteiger partial charge in [0.25, 0.3) is 12.3 Å². The number of hydrogen-bond acceptors (Lipinski definition) is 3. The summed E-state index contributed by atoms with van der Waals surface area (Å²) in [6, 6.07) is 4.80. The molecule has 0 saturated heterocycles. The number of nitrogens with two attached hydrogens (primary N) is 1. The summed E-state index contributed by atoms with van der Waals surface area (Å²) in [7, 11) is 1.35. The first-order valence-electron chi connectivity index (χ1n) is 5.06. The van der Waals surface area contributed by atoms with E-state index in [1.807, 2.05) is 0 Å². The number of amides is 1. The molecule has 0 saturated carbocycles. The summed E-state index contributed by atoms with van der Waals surface area (Å²) in [6.45, 7) is 1.20. The molecule has 1 rings (SSSR count). The van der Waals surface area contributed by atoms with Crippen LogP contribution < -0.4 is 11.3 Å². The Hall–Kier alpha value is -1.69. The normalized spacial score (nSPS) is 10.5. The number of anilines is 1. The standard InChI is InChI=1S/C11H15F2N3O/c1-7-5-8(3-4-9(7)15-14)11(17)16(2)6-10(12)13/h3-5,10,15H,6,14H2,1-2H3. The number of hydrogen-bond donors (Lipinski definition) is 2. The van der Waals surface area contributed by atoms with Crippen LogP contribution in [-0.2, 0) is 0 Å². The second-order valence-corrected chi connectivity index (χ2v) is 3.75. The summed E-state index contributed by atoms with van der Waals surface area (Å²) in [5, 5.41) is 0. The Kier molecular flexibility index (Phi) is 4.39. The molecule has 0 unspecified atom stereocenters. The highest BCUT2D eigenvalue weighted by Gasteiger charge is 2.16. The fraction of sp³-hybridized carbons (Fsp3) is 0.364. The Morgan fingerprint density at radius 3 is 2.65 bits per heavy atom. The van der Waals surface area contributed by atoms with Crippen molar-refractivity contribution in [3.63, 3.8) is 0 Å². The summed E-state index contributed by atoms with van der Waals surface area (Å²) in [5.41, 5.74) is 4.32. The number of nitrogens with zero attached hydrogens (tertiary/aromatic N) is 1. The van der Waals surface area contributed by atoms with Crippen LogP contribution in [0.2, 0.25) is 0 Å². The minimum atomic E-state index is -2.53. The summed E-state index contributed by atoms with van der Waals surface area (Å²) >= 11 is 0. The van der Waals surface area contributed by atoms with E-state index in [1.165, 1.54) is 7.05 Å².